The van der Waals surface area contributed by atoms with Crippen LogP contribution >= 0.6 is 0 Å². The smallest absolute Gasteiger partial charge is 0.122 e. The molecule has 0 aromatic heterocycles. The predicted octanol–water partition coefficient (Wildman–Crippen LogP) is -1.11. The number of aldehydes is 2. The Labute approximate surface area is 58.5 Å². The number of hydrogen-bond donors (Lipinski definition) is 2. The number of carbonyl (C=O) groups is 2. The fraction of sp³-hybridized carbons (Fsp3) is 0.667. The fourth-order valence-electron chi connectivity index (χ4n) is 0.511. The Balaban J connectivity index is 3.56. The molecule has 4 heteroatoms. The van der Waals surface area contributed by atoms with E-state index in [0.717, 1.165) is 0 Å². The fourth-order valence-corrected chi connectivity index (χ4v) is 0.511. The summed E-state index contributed by atoms with van der Waals surface area (Å²) < 4.78 is 0. The van der Waals surface area contributed by atoms with Crippen molar-refractivity contribution in [3.8, 4) is 0 Å². The van der Waals surface area contributed by atoms with Gasteiger partial charge in [0.05, 0.1) is 12.2 Å². The highest BCUT2D eigenvalue weighted by Gasteiger charge is 2.14. The largest absolute Gasteiger partial charge is 0.390 e. The van der Waals surface area contributed by atoms with Crippen molar-refractivity contribution in [2.75, 3.05) is 0 Å². The first-order chi connectivity index (χ1) is 4.72. The van der Waals surface area contributed by atoms with Crippen molar-refractivity contribution < 1.29 is 19.8 Å². The van der Waals surface area contributed by atoms with Crippen LogP contribution in [0.2, 0.25) is 0 Å². The highest BCUT2D eigenvalue weighted by molar-refractivity contribution is 5.52. The summed E-state index contributed by atoms with van der Waals surface area (Å²) >= 11 is 0. The summed E-state index contributed by atoms with van der Waals surface area (Å²) in [7, 11) is 0. The van der Waals surface area contributed by atoms with E-state index >= 15 is 0 Å². The van der Waals surface area contributed by atoms with E-state index in [-0.39, 0.29) is 12.8 Å². The lowest BCUT2D eigenvalue weighted by Crippen LogP contribution is -2.26. The summed E-state index contributed by atoms with van der Waals surface area (Å²) in [5.41, 5.74) is 0. The molecule has 0 aromatic rings. The van der Waals surface area contributed by atoms with Gasteiger partial charge in [-0.15, -0.1) is 0 Å². The van der Waals surface area contributed by atoms with Crippen molar-refractivity contribution in [2.24, 2.45) is 0 Å². The number of aliphatic hydroxyl groups is 2. The van der Waals surface area contributed by atoms with Gasteiger partial charge in [0, 0.05) is 12.8 Å². The molecule has 0 rings (SSSR count). The molecule has 0 saturated heterocycles. The van der Waals surface area contributed by atoms with Crippen LogP contribution in [-0.2, 0) is 9.59 Å². The maximum atomic E-state index is 9.76. The predicted molar refractivity (Wildman–Crippen MR) is 33.4 cm³/mol. The summed E-state index contributed by atoms with van der Waals surface area (Å²) in [5.74, 6) is 0. The zero-order chi connectivity index (χ0) is 7.98. The minimum Gasteiger partial charge on any atom is -0.390 e. The van der Waals surface area contributed by atoms with Crippen LogP contribution in [0.25, 0.3) is 0 Å². The second-order valence-electron chi connectivity index (χ2n) is 1.94. The van der Waals surface area contributed by atoms with E-state index in [0.29, 0.717) is 12.6 Å². The Morgan fingerprint density at radius 2 is 1.30 bits per heavy atom. The minimum atomic E-state index is -1.11. The lowest BCUT2D eigenvalue weighted by atomic mass is 10.1. The van der Waals surface area contributed by atoms with Crippen molar-refractivity contribution in [1.29, 1.82) is 0 Å². The Morgan fingerprint density at radius 1 is 1.00 bits per heavy atom. The molecular weight excluding hydrogens is 136 g/mol. The van der Waals surface area contributed by atoms with Gasteiger partial charge in [0.15, 0.2) is 0 Å². The topological polar surface area (TPSA) is 74.6 Å². The summed E-state index contributed by atoms with van der Waals surface area (Å²) in [6.07, 6.45) is -1.48. The maximum Gasteiger partial charge on any atom is 0.122 e. The molecule has 0 amide bonds. The lowest BCUT2D eigenvalue weighted by Gasteiger charge is -2.11. The van der Waals surface area contributed by atoms with Gasteiger partial charge in [0.25, 0.3) is 0 Å². The third-order valence-corrected chi connectivity index (χ3v) is 1.12. The Bertz CT molecular complexity index is 98.3. The third-order valence-electron chi connectivity index (χ3n) is 1.12. The van der Waals surface area contributed by atoms with Crippen molar-refractivity contribution in [1.82, 2.24) is 0 Å². The van der Waals surface area contributed by atoms with Crippen LogP contribution in [0, 0.1) is 0 Å². The Kier molecular flexibility index (Phi) is 4.70. The molecule has 58 valence electrons. The van der Waals surface area contributed by atoms with E-state index in [4.69, 9.17) is 10.2 Å². The van der Waals surface area contributed by atoms with Gasteiger partial charge < -0.3 is 19.8 Å². The Hall–Kier alpha value is -0.740. The number of hydrogen-bond acceptors (Lipinski definition) is 4. The van der Waals surface area contributed by atoms with Gasteiger partial charge in [-0.3, -0.25) is 0 Å². The molecule has 0 aliphatic heterocycles. The summed E-state index contributed by atoms with van der Waals surface area (Å²) in [6, 6.07) is 0. The van der Waals surface area contributed by atoms with Crippen LogP contribution in [0.1, 0.15) is 12.8 Å². The summed E-state index contributed by atoms with van der Waals surface area (Å²) in [5, 5.41) is 17.6. The van der Waals surface area contributed by atoms with Gasteiger partial charge >= 0.3 is 0 Å². The van der Waals surface area contributed by atoms with Crippen molar-refractivity contribution in [2.45, 2.75) is 25.0 Å². The SMILES string of the molecule is O=CC[C@@H](O)[C@H](O)CC=O. The number of carbonyl (C=O) groups excluding carboxylic acids is 2. The van der Waals surface area contributed by atoms with Crippen LogP contribution in [0.4, 0.5) is 0 Å². The van der Waals surface area contributed by atoms with Crippen molar-refractivity contribution in [3.63, 3.8) is 0 Å². The maximum absolute atomic E-state index is 9.76. The first-order valence-corrected chi connectivity index (χ1v) is 2.95. The first kappa shape index (κ1) is 9.26. The van der Waals surface area contributed by atoms with Gasteiger partial charge in [0.1, 0.15) is 12.6 Å². The molecule has 2 N–H and O–H groups in total. The van der Waals surface area contributed by atoms with E-state index in [1.54, 1.807) is 0 Å². The monoisotopic (exact) mass is 146 g/mol. The van der Waals surface area contributed by atoms with Gasteiger partial charge in [-0.2, -0.15) is 0 Å². The van der Waals surface area contributed by atoms with E-state index < -0.39 is 12.2 Å². The van der Waals surface area contributed by atoms with Crippen molar-refractivity contribution in [3.05, 3.63) is 0 Å². The molecule has 0 aliphatic rings. The van der Waals surface area contributed by atoms with Crippen LogP contribution in [0.5, 0.6) is 0 Å². The van der Waals surface area contributed by atoms with Gasteiger partial charge in [-0.05, 0) is 0 Å². The molecular formula is C6H10O4. The summed E-state index contributed by atoms with van der Waals surface area (Å²) in [6.45, 7) is 0. The van der Waals surface area contributed by atoms with E-state index in [1.807, 2.05) is 0 Å². The number of rotatable bonds is 5. The molecule has 0 fully saturated rings. The molecule has 10 heavy (non-hydrogen) atoms. The van der Waals surface area contributed by atoms with E-state index in [1.165, 1.54) is 0 Å². The lowest BCUT2D eigenvalue weighted by molar-refractivity contribution is -0.115. The number of aliphatic hydroxyl groups excluding tert-OH is 2. The quantitative estimate of drug-likeness (QED) is 0.482. The van der Waals surface area contributed by atoms with Gasteiger partial charge in [-0.1, -0.05) is 0 Å². The molecule has 0 bridgehead atoms. The second kappa shape index (κ2) is 5.08. The molecule has 4 nitrogen and oxygen atoms in total. The van der Waals surface area contributed by atoms with Gasteiger partial charge in [0.2, 0.25) is 0 Å². The van der Waals surface area contributed by atoms with Crippen molar-refractivity contribution >= 4 is 12.6 Å². The van der Waals surface area contributed by atoms with E-state index in [9.17, 15) is 9.59 Å². The average Bonchev–Trinajstić information content (AvgIpc) is 1.89. The van der Waals surface area contributed by atoms with Crippen LogP contribution in [0.3, 0.4) is 0 Å². The first-order valence-electron chi connectivity index (χ1n) is 2.95. The molecule has 0 saturated carbocycles. The van der Waals surface area contributed by atoms with Crippen LogP contribution in [-0.4, -0.2) is 35.0 Å². The minimum absolute atomic E-state index is 0.130. The molecule has 0 radical (unpaired) electrons. The molecule has 2 atom stereocenters. The standard InChI is InChI=1S/C6H10O4/c7-3-1-5(9)6(10)2-4-8/h3-6,9-10H,1-2H2/t5-,6-/m1/s1. The molecule has 0 spiro atoms. The second-order valence-corrected chi connectivity index (χ2v) is 1.94. The zero-order valence-electron chi connectivity index (χ0n) is 5.43. The molecule has 0 heterocycles. The summed E-state index contributed by atoms with van der Waals surface area (Å²) in [4.78, 5) is 19.5. The van der Waals surface area contributed by atoms with Crippen LogP contribution in [0.15, 0.2) is 0 Å². The molecule has 0 aliphatic carbocycles. The third kappa shape index (κ3) is 3.32. The van der Waals surface area contributed by atoms with Gasteiger partial charge in [-0.25, -0.2) is 0 Å². The molecule has 0 unspecified atom stereocenters. The van der Waals surface area contributed by atoms with E-state index in [2.05, 4.69) is 0 Å². The molecule has 0 aromatic carbocycles. The van der Waals surface area contributed by atoms with Crippen LogP contribution < -0.4 is 0 Å². The Morgan fingerprint density at radius 3 is 1.50 bits per heavy atom. The average molecular weight is 146 g/mol. The normalized spacial score (nSPS) is 15.8. The highest BCUT2D eigenvalue weighted by atomic mass is 16.3. The zero-order valence-corrected chi connectivity index (χ0v) is 5.43. The highest BCUT2D eigenvalue weighted by Crippen LogP contribution is 1.98.